The van der Waals surface area contributed by atoms with Crippen molar-refractivity contribution in [2.75, 3.05) is 13.2 Å². The van der Waals surface area contributed by atoms with Gasteiger partial charge in [0, 0.05) is 29.3 Å². The van der Waals surface area contributed by atoms with Crippen LogP contribution in [0.2, 0.25) is 0 Å². The van der Waals surface area contributed by atoms with Crippen molar-refractivity contribution in [2.45, 2.75) is 52.1 Å². The first-order valence-corrected chi connectivity index (χ1v) is 9.66. The van der Waals surface area contributed by atoms with Crippen LogP contribution in [0.1, 0.15) is 51.5 Å². The van der Waals surface area contributed by atoms with E-state index in [0.717, 1.165) is 18.5 Å². The lowest BCUT2D eigenvalue weighted by Gasteiger charge is -2.34. The van der Waals surface area contributed by atoms with Crippen molar-refractivity contribution in [3.8, 4) is 0 Å². The lowest BCUT2D eigenvalue weighted by atomic mass is 9.75. The number of ether oxygens (including phenoxy) is 2. The summed E-state index contributed by atoms with van der Waals surface area (Å²) in [5.41, 5.74) is 2.94. The molecule has 1 aromatic rings. The molecule has 1 aliphatic heterocycles. The molecule has 0 radical (unpaired) electrons. The van der Waals surface area contributed by atoms with Gasteiger partial charge in [0.1, 0.15) is 12.4 Å². The number of esters is 1. The average molecular weight is 387 g/mol. The number of carbonyl (C=O) groups is 2. The van der Waals surface area contributed by atoms with Crippen LogP contribution in [-0.4, -0.2) is 31.1 Å². The summed E-state index contributed by atoms with van der Waals surface area (Å²) in [5.74, 6) is -1.56. The molecule has 5 nitrogen and oxygen atoms in total. The fourth-order valence-electron chi connectivity index (χ4n) is 3.77. The molecule has 28 heavy (non-hydrogen) atoms. The lowest BCUT2D eigenvalue weighted by molar-refractivity contribution is -0.141. The quantitative estimate of drug-likeness (QED) is 0.595. The first-order valence-electron chi connectivity index (χ1n) is 9.66. The summed E-state index contributed by atoms with van der Waals surface area (Å²) in [6.45, 7) is 6.00. The molecule has 0 amide bonds. The predicted molar refractivity (Wildman–Crippen MR) is 103 cm³/mol. The molecule has 150 valence electrons. The minimum atomic E-state index is -0.627. The van der Waals surface area contributed by atoms with Gasteiger partial charge < -0.3 is 14.8 Å². The molecule has 1 aromatic carbocycles. The zero-order valence-corrected chi connectivity index (χ0v) is 16.5. The normalized spacial score (nSPS) is 19.6. The Morgan fingerprint density at radius 3 is 2.79 bits per heavy atom. The predicted octanol–water partition coefficient (Wildman–Crippen LogP) is 3.76. The molecule has 0 unspecified atom stereocenters. The van der Waals surface area contributed by atoms with Crippen LogP contribution in [0.3, 0.4) is 0 Å². The smallest absolute Gasteiger partial charge is 0.336 e. The van der Waals surface area contributed by atoms with E-state index in [-0.39, 0.29) is 18.5 Å². The largest absolute Gasteiger partial charge is 0.460 e. The summed E-state index contributed by atoms with van der Waals surface area (Å²) >= 11 is 0. The number of hydrogen-bond acceptors (Lipinski definition) is 5. The van der Waals surface area contributed by atoms with E-state index in [4.69, 9.17) is 9.47 Å². The van der Waals surface area contributed by atoms with Crippen LogP contribution in [-0.2, 0) is 19.1 Å². The van der Waals surface area contributed by atoms with E-state index in [0.29, 0.717) is 35.4 Å². The van der Waals surface area contributed by atoms with Gasteiger partial charge in [-0.3, -0.25) is 4.79 Å². The molecule has 0 saturated heterocycles. The maximum Gasteiger partial charge on any atom is 0.336 e. The van der Waals surface area contributed by atoms with Crippen molar-refractivity contribution in [3.63, 3.8) is 0 Å². The van der Waals surface area contributed by atoms with E-state index in [1.54, 1.807) is 19.1 Å². The zero-order chi connectivity index (χ0) is 20.3. The van der Waals surface area contributed by atoms with Gasteiger partial charge in [0.2, 0.25) is 0 Å². The van der Waals surface area contributed by atoms with Gasteiger partial charge >= 0.3 is 5.97 Å². The topological polar surface area (TPSA) is 64.6 Å². The second-order valence-electron chi connectivity index (χ2n) is 7.38. The van der Waals surface area contributed by atoms with E-state index in [2.05, 4.69) is 5.32 Å². The molecule has 0 saturated carbocycles. The van der Waals surface area contributed by atoms with E-state index < -0.39 is 17.7 Å². The first-order chi connectivity index (χ1) is 13.4. The van der Waals surface area contributed by atoms with Crippen molar-refractivity contribution in [1.82, 2.24) is 5.32 Å². The molecule has 0 bridgehead atoms. The van der Waals surface area contributed by atoms with Crippen LogP contribution in [0.25, 0.3) is 0 Å². The molecule has 1 atom stereocenters. The fraction of sp³-hybridized carbons (Fsp3) is 0.455. The average Bonchev–Trinajstić information content (AvgIpc) is 2.64. The summed E-state index contributed by atoms with van der Waals surface area (Å²) in [5, 5.41) is 3.22. The van der Waals surface area contributed by atoms with Crippen LogP contribution >= 0.6 is 0 Å². The molecule has 2 aliphatic rings. The Hall–Kier alpha value is -2.47. The highest BCUT2D eigenvalue weighted by molar-refractivity contribution is 6.03. The SMILES string of the molecule is CC1=C(C(=O)OCCOC(C)C)[C@H](c2cccc(F)c2)C2=C(CCCC2=O)N1. The number of halogens is 1. The van der Waals surface area contributed by atoms with Crippen LogP contribution in [0.5, 0.6) is 0 Å². The number of rotatable bonds is 6. The number of allylic oxidation sites excluding steroid dienone is 3. The van der Waals surface area contributed by atoms with Crippen LogP contribution in [0.4, 0.5) is 4.39 Å². The number of Topliss-reactive ketones (excluding diaryl/α,β-unsaturated/α-hetero) is 1. The molecule has 3 rings (SSSR count). The zero-order valence-electron chi connectivity index (χ0n) is 16.5. The van der Waals surface area contributed by atoms with Crippen molar-refractivity contribution >= 4 is 11.8 Å². The Morgan fingerprint density at radius 1 is 1.29 bits per heavy atom. The first kappa shape index (κ1) is 20.3. The van der Waals surface area contributed by atoms with E-state index in [1.165, 1.54) is 12.1 Å². The van der Waals surface area contributed by atoms with Gasteiger partial charge in [0.25, 0.3) is 0 Å². The minimum Gasteiger partial charge on any atom is -0.460 e. The highest BCUT2D eigenvalue weighted by Crippen LogP contribution is 2.42. The van der Waals surface area contributed by atoms with E-state index >= 15 is 0 Å². The van der Waals surface area contributed by atoms with Crippen molar-refractivity contribution in [3.05, 3.63) is 58.2 Å². The summed E-state index contributed by atoms with van der Waals surface area (Å²) in [6, 6.07) is 6.06. The van der Waals surface area contributed by atoms with Gasteiger partial charge in [-0.25, -0.2) is 9.18 Å². The summed E-state index contributed by atoms with van der Waals surface area (Å²) in [4.78, 5) is 25.6. The van der Waals surface area contributed by atoms with E-state index in [1.807, 2.05) is 13.8 Å². The number of ketones is 1. The summed E-state index contributed by atoms with van der Waals surface area (Å²) in [6.07, 6.45) is 1.97. The Labute approximate surface area is 164 Å². The van der Waals surface area contributed by atoms with Crippen molar-refractivity contribution < 1.29 is 23.5 Å². The highest BCUT2D eigenvalue weighted by Gasteiger charge is 2.39. The van der Waals surface area contributed by atoms with Crippen LogP contribution in [0, 0.1) is 5.82 Å². The molecule has 0 fully saturated rings. The Kier molecular flexibility index (Phi) is 6.29. The second-order valence-corrected chi connectivity index (χ2v) is 7.38. The maximum absolute atomic E-state index is 13.9. The van der Waals surface area contributed by atoms with Gasteiger partial charge in [-0.05, 0) is 51.3 Å². The van der Waals surface area contributed by atoms with Crippen LogP contribution < -0.4 is 5.32 Å². The van der Waals surface area contributed by atoms with Crippen molar-refractivity contribution in [2.24, 2.45) is 0 Å². The Morgan fingerprint density at radius 2 is 2.07 bits per heavy atom. The van der Waals surface area contributed by atoms with Gasteiger partial charge in [0.15, 0.2) is 5.78 Å². The lowest BCUT2D eigenvalue weighted by Crippen LogP contribution is -2.34. The third-order valence-corrected chi connectivity index (χ3v) is 4.95. The monoisotopic (exact) mass is 387 g/mol. The molecule has 1 heterocycles. The molecule has 0 spiro atoms. The molecular weight excluding hydrogens is 361 g/mol. The summed E-state index contributed by atoms with van der Waals surface area (Å²) in [7, 11) is 0. The third kappa shape index (κ3) is 4.33. The fourth-order valence-corrected chi connectivity index (χ4v) is 3.77. The van der Waals surface area contributed by atoms with Crippen LogP contribution in [0.15, 0.2) is 46.8 Å². The van der Waals surface area contributed by atoms with Gasteiger partial charge in [0.05, 0.1) is 18.3 Å². The molecule has 1 aliphatic carbocycles. The van der Waals surface area contributed by atoms with Gasteiger partial charge in [-0.1, -0.05) is 12.1 Å². The summed E-state index contributed by atoms with van der Waals surface area (Å²) < 4.78 is 24.8. The molecule has 6 heteroatoms. The van der Waals surface area contributed by atoms with Gasteiger partial charge in [-0.2, -0.15) is 0 Å². The standard InChI is InChI=1S/C22H26FNO4/c1-13(2)27-10-11-28-22(26)19-14(3)24-17-8-5-9-18(25)21(17)20(19)15-6-4-7-16(23)12-15/h4,6-7,12-13,20,24H,5,8-11H2,1-3H3/t20-/m0/s1. The molecular formula is C22H26FNO4. The number of hydrogen-bond donors (Lipinski definition) is 1. The number of nitrogens with one attached hydrogen (secondary N) is 1. The highest BCUT2D eigenvalue weighted by atomic mass is 19.1. The maximum atomic E-state index is 13.9. The number of benzene rings is 1. The number of dihydropyridines is 1. The molecule has 0 aromatic heterocycles. The number of carbonyl (C=O) groups excluding carboxylic acids is 2. The minimum absolute atomic E-state index is 0.0102. The molecule has 1 N–H and O–H groups in total. The Balaban J connectivity index is 1.94. The van der Waals surface area contributed by atoms with Crippen molar-refractivity contribution in [1.29, 1.82) is 0 Å². The Bertz CT molecular complexity index is 841. The third-order valence-electron chi connectivity index (χ3n) is 4.95. The van der Waals surface area contributed by atoms with Gasteiger partial charge in [-0.15, -0.1) is 0 Å². The van der Waals surface area contributed by atoms with E-state index in [9.17, 15) is 14.0 Å². The second kappa shape index (κ2) is 8.69.